The maximum atomic E-state index is 8.47. The van der Waals surface area contributed by atoms with Gasteiger partial charge in [0.25, 0.3) is 0 Å². The Labute approximate surface area is 72.3 Å². The second-order valence-electron chi connectivity index (χ2n) is 2.23. The minimum atomic E-state index is 0.0791. The Morgan fingerprint density at radius 1 is 1.64 bits per heavy atom. The summed E-state index contributed by atoms with van der Waals surface area (Å²) < 4.78 is 5.25. The van der Waals surface area contributed by atoms with Crippen LogP contribution >= 0.6 is 11.8 Å². The Bertz CT molecular complexity index is 74.8. The van der Waals surface area contributed by atoms with Crippen molar-refractivity contribution in [3.8, 4) is 0 Å². The van der Waals surface area contributed by atoms with Crippen molar-refractivity contribution in [2.75, 3.05) is 31.8 Å². The SMILES string of the molecule is CSCCC(CN)OCCO. The second-order valence-corrected chi connectivity index (χ2v) is 3.22. The predicted octanol–water partition coefficient (Wildman–Crippen LogP) is 0.0757. The third kappa shape index (κ3) is 6.62. The van der Waals surface area contributed by atoms with E-state index >= 15 is 0 Å². The van der Waals surface area contributed by atoms with E-state index in [4.69, 9.17) is 15.6 Å². The van der Waals surface area contributed by atoms with Crippen LogP contribution in [-0.2, 0) is 4.74 Å². The average molecular weight is 179 g/mol. The first kappa shape index (κ1) is 11.2. The molecular formula is C7H17NO2S. The molecule has 0 aliphatic heterocycles. The topological polar surface area (TPSA) is 55.5 Å². The van der Waals surface area contributed by atoms with Crippen molar-refractivity contribution in [3.63, 3.8) is 0 Å². The highest BCUT2D eigenvalue weighted by molar-refractivity contribution is 7.98. The van der Waals surface area contributed by atoms with Crippen LogP contribution in [0.25, 0.3) is 0 Å². The summed E-state index contributed by atoms with van der Waals surface area (Å²) in [6.07, 6.45) is 3.15. The summed E-state index contributed by atoms with van der Waals surface area (Å²) in [5.41, 5.74) is 5.44. The third-order valence-corrected chi connectivity index (χ3v) is 2.00. The van der Waals surface area contributed by atoms with Crippen LogP contribution in [0.4, 0.5) is 0 Å². The van der Waals surface area contributed by atoms with E-state index in [1.54, 1.807) is 11.8 Å². The molecule has 0 heterocycles. The van der Waals surface area contributed by atoms with Gasteiger partial charge in [0.2, 0.25) is 0 Å². The predicted molar refractivity (Wildman–Crippen MR) is 48.9 cm³/mol. The van der Waals surface area contributed by atoms with E-state index in [0.717, 1.165) is 12.2 Å². The molecule has 0 bridgehead atoms. The molecule has 4 heteroatoms. The molecule has 0 saturated heterocycles. The smallest absolute Gasteiger partial charge is 0.0706 e. The van der Waals surface area contributed by atoms with E-state index in [1.807, 2.05) is 0 Å². The molecule has 0 spiro atoms. The Morgan fingerprint density at radius 3 is 2.82 bits per heavy atom. The molecule has 0 aromatic carbocycles. The zero-order valence-electron chi connectivity index (χ0n) is 6.95. The summed E-state index contributed by atoms with van der Waals surface area (Å²) in [7, 11) is 0. The number of hydrogen-bond donors (Lipinski definition) is 2. The highest BCUT2D eigenvalue weighted by Gasteiger charge is 2.04. The summed E-state index contributed by atoms with van der Waals surface area (Å²) in [6.45, 7) is 1.02. The monoisotopic (exact) mass is 179 g/mol. The van der Waals surface area contributed by atoms with Gasteiger partial charge in [0.15, 0.2) is 0 Å². The first-order valence-electron chi connectivity index (χ1n) is 3.76. The molecular weight excluding hydrogens is 162 g/mol. The lowest BCUT2D eigenvalue weighted by Crippen LogP contribution is -2.25. The fourth-order valence-corrected chi connectivity index (χ4v) is 1.24. The van der Waals surface area contributed by atoms with Gasteiger partial charge in [0.05, 0.1) is 19.3 Å². The van der Waals surface area contributed by atoms with Gasteiger partial charge < -0.3 is 15.6 Å². The molecule has 68 valence electrons. The van der Waals surface area contributed by atoms with Gasteiger partial charge in [0.1, 0.15) is 0 Å². The normalized spacial score (nSPS) is 13.4. The Balaban J connectivity index is 3.25. The van der Waals surface area contributed by atoms with Crippen molar-refractivity contribution in [3.05, 3.63) is 0 Å². The Kier molecular flexibility index (Phi) is 8.50. The average Bonchev–Trinajstić information content (AvgIpc) is 2.05. The van der Waals surface area contributed by atoms with Gasteiger partial charge in [-0.15, -0.1) is 0 Å². The van der Waals surface area contributed by atoms with Crippen molar-refractivity contribution in [2.24, 2.45) is 5.73 Å². The molecule has 0 aliphatic rings. The molecule has 0 rings (SSSR count). The summed E-state index contributed by atoms with van der Waals surface area (Å²) in [4.78, 5) is 0. The number of thioether (sulfide) groups is 1. The van der Waals surface area contributed by atoms with Gasteiger partial charge in [-0.1, -0.05) is 0 Å². The van der Waals surface area contributed by atoms with E-state index < -0.39 is 0 Å². The highest BCUT2D eigenvalue weighted by Crippen LogP contribution is 2.02. The summed E-state index contributed by atoms with van der Waals surface area (Å²) >= 11 is 1.78. The third-order valence-electron chi connectivity index (χ3n) is 1.35. The minimum Gasteiger partial charge on any atom is -0.394 e. The van der Waals surface area contributed by atoms with Crippen molar-refractivity contribution in [1.82, 2.24) is 0 Å². The van der Waals surface area contributed by atoms with Crippen molar-refractivity contribution < 1.29 is 9.84 Å². The standard InChI is InChI=1S/C7H17NO2S/c1-11-5-2-7(6-8)10-4-3-9/h7,9H,2-6,8H2,1H3. The molecule has 0 fully saturated rings. The minimum absolute atomic E-state index is 0.0791. The summed E-state index contributed by atoms with van der Waals surface area (Å²) in [5.74, 6) is 1.06. The van der Waals surface area contributed by atoms with Gasteiger partial charge in [-0.3, -0.25) is 0 Å². The summed E-state index contributed by atoms with van der Waals surface area (Å²) in [6, 6.07) is 0. The van der Waals surface area contributed by atoms with Gasteiger partial charge in [0, 0.05) is 6.54 Å². The maximum absolute atomic E-state index is 8.47. The van der Waals surface area contributed by atoms with Crippen molar-refractivity contribution >= 4 is 11.8 Å². The van der Waals surface area contributed by atoms with Crippen molar-refractivity contribution in [1.29, 1.82) is 0 Å². The molecule has 0 aliphatic carbocycles. The highest BCUT2D eigenvalue weighted by atomic mass is 32.2. The lowest BCUT2D eigenvalue weighted by atomic mass is 10.3. The molecule has 1 atom stereocenters. The zero-order valence-corrected chi connectivity index (χ0v) is 7.77. The van der Waals surface area contributed by atoms with Crippen LogP contribution in [0.15, 0.2) is 0 Å². The number of nitrogens with two attached hydrogens (primary N) is 1. The van der Waals surface area contributed by atoms with Crippen LogP contribution in [0.2, 0.25) is 0 Å². The Hall–Kier alpha value is 0.230. The largest absolute Gasteiger partial charge is 0.394 e. The van der Waals surface area contributed by atoms with E-state index in [2.05, 4.69) is 6.26 Å². The van der Waals surface area contributed by atoms with Crippen molar-refractivity contribution in [2.45, 2.75) is 12.5 Å². The van der Waals surface area contributed by atoms with Crippen LogP contribution in [0.5, 0.6) is 0 Å². The van der Waals surface area contributed by atoms with E-state index in [9.17, 15) is 0 Å². The number of hydrogen-bond acceptors (Lipinski definition) is 4. The number of aliphatic hydroxyl groups excluding tert-OH is 1. The molecule has 1 unspecified atom stereocenters. The maximum Gasteiger partial charge on any atom is 0.0706 e. The lowest BCUT2D eigenvalue weighted by Gasteiger charge is -2.13. The number of ether oxygens (including phenoxy) is 1. The molecule has 3 nitrogen and oxygen atoms in total. The zero-order chi connectivity index (χ0) is 8.53. The first-order valence-corrected chi connectivity index (χ1v) is 5.16. The van der Waals surface area contributed by atoms with Crippen LogP contribution in [0.3, 0.4) is 0 Å². The van der Waals surface area contributed by atoms with Gasteiger partial charge >= 0.3 is 0 Å². The second kappa shape index (κ2) is 8.33. The lowest BCUT2D eigenvalue weighted by molar-refractivity contribution is 0.0325. The summed E-state index contributed by atoms with van der Waals surface area (Å²) in [5, 5.41) is 8.47. The number of aliphatic hydroxyl groups is 1. The van der Waals surface area contributed by atoms with Crippen LogP contribution < -0.4 is 5.73 Å². The molecule has 11 heavy (non-hydrogen) atoms. The fraction of sp³-hybridized carbons (Fsp3) is 1.00. The van der Waals surface area contributed by atoms with Crippen LogP contribution in [-0.4, -0.2) is 43.0 Å². The number of rotatable bonds is 7. The molecule has 0 aromatic rings. The molecule has 0 radical (unpaired) electrons. The first-order chi connectivity index (χ1) is 5.35. The van der Waals surface area contributed by atoms with Gasteiger partial charge in [-0.05, 0) is 18.4 Å². The molecule has 0 amide bonds. The van der Waals surface area contributed by atoms with Gasteiger partial charge in [-0.2, -0.15) is 11.8 Å². The molecule has 3 N–H and O–H groups in total. The van der Waals surface area contributed by atoms with E-state index in [1.165, 1.54) is 0 Å². The van der Waals surface area contributed by atoms with Crippen LogP contribution in [0.1, 0.15) is 6.42 Å². The fourth-order valence-electron chi connectivity index (χ4n) is 0.738. The molecule has 0 saturated carbocycles. The van der Waals surface area contributed by atoms with E-state index in [0.29, 0.717) is 13.2 Å². The quantitative estimate of drug-likeness (QED) is 0.581. The van der Waals surface area contributed by atoms with Gasteiger partial charge in [-0.25, -0.2) is 0 Å². The Morgan fingerprint density at radius 2 is 2.36 bits per heavy atom. The molecule has 0 aromatic heterocycles. The van der Waals surface area contributed by atoms with E-state index in [-0.39, 0.29) is 12.7 Å². The van der Waals surface area contributed by atoms with Crippen LogP contribution in [0, 0.1) is 0 Å².